The van der Waals surface area contributed by atoms with Crippen molar-refractivity contribution < 1.29 is 4.79 Å². The Morgan fingerprint density at radius 1 is 1.60 bits per heavy atom. The van der Waals surface area contributed by atoms with Crippen LogP contribution in [0.5, 0.6) is 0 Å². The molecule has 1 fully saturated rings. The number of carbonyl (C=O) groups is 1. The lowest BCUT2D eigenvalue weighted by Crippen LogP contribution is -2.31. The van der Waals surface area contributed by atoms with Crippen LogP contribution in [0.4, 0.5) is 0 Å². The third-order valence-electron chi connectivity index (χ3n) is 2.40. The Hall–Kier alpha value is -0.290. The van der Waals surface area contributed by atoms with Crippen LogP contribution >= 0.6 is 34.5 Å². The Morgan fingerprint density at radius 2 is 2.33 bits per heavy atom. The number of hydrogen-bond donors (Lipinski definition) is 1. The maximum Gasteiger partial charge on any atom is 0.256 e. The lowest BCUT2D eigenvalue weighted by Gasteiger charge is -2.14. The molecule has 0 aliphatic carbocycles. The number of thiophene rings is 1. The molecule has 1 saturated heterocycles. The number of nitrogens with two attached hydrogens (primary N) is 1. The summed E-state index contributed by atoms with van der Waals surface area (Å²) in [5.41, 5.74) is 6.22. The molecule has 0 radical (unpaired) electrons. The van der Waals surface area contributed by atoms with Gasteiger partial charge in [-0.25, -0.2) is 0 Å². The second-order valence-corrected chi connectivity index (χ2v) is 5.82. The summed E-state index contributed by atoms with van der Waals surface area (Å²) in [6.45, 7) is 1.30. The van der Waals surface area contributed by atoms with Crippen LogP contribution in [0.3, 0.4) is 0 Å². The molecule has 1 aliphatic rings. The van der Waals surface area contributed by atoms with E-state index in [0.717, 1.165) is 6.42 Å². The van der Waals surface area contributed by atoms with E-state index in [1.54, 1.807) is 11.0 Å². The zero-order valence-electron chi connectivity index (χ0n) is 7.87. The highest BCUT2D eigenvalue weighted by Gasteiger charge is 2.26. The lowest BCUT2D eigenvalue weighted by molar-refractivity contribution is 0.0791. The molecule has 15 heavy (non-hydrogen) atoms. The summed E-state index contributed by atoms with van der Waals surface area (Å²) in [6, 6.07) is 1.70. The SMILES string of the molecule is N[C@@H]1CCN(C(=O)c2cc(Cl)sc2Cl)C1. The molecular weight excluding hydrogens is 255 g/mol. The fourth-order valence-corrected chi connectivity index (χ4v) is 3.08. The standard InChI is InChI=1S/C9H10Cl2N2OS/c10-7-3-6(8(11)15-7)9(14)13-2-1-5(12)4-13/h3,5H,1-2,4,12H2/t5-/m1/s1. The van der Waals surface area contributed by atoms with E-state index in [1.165, 1.54) is 11.3 Å². The largest absolute Gasteiger partial charge is 0.337 e. The molecule has 0 unspecified atom stereocenters. The zero-order valence-corrected chi connectivity index (χ0v) is 10.2. The van der Waals surface area contributed by atoms with Crippen molar-refractivity contribution in [2.45, 2.75) is 12.5 Å². The third kappa shape index (κ3) is 2.28. The first-order chi connectivity index (χ1) is 7.08. The van der Waals surface area contributed by atoms with Gasteiger partial charge in [-0.1, -0.05) is 23.2 Å². The van der Waals surface area contributed by atoms with Gasteiger partial charge in [-0.05, 0) is 12.5 Å². The lowest BCUT2D eigenvalue weighted by atomic mass is 10.3. The maximum atomic E-state index is 12.0. The molecule has 2 heterocycles. The van der Waals surface area contributed by atoms with Crippen LogP contribution in [0.2, 0.25) is 8.67 Å². The second kappa shape index (κ2) is 4.29. The average molecular weight is 265 g/mol. The number of likely N-dealkylation sites (tertiary alicyclic amines) is 1. The highest BCUT2D eigenvalue weighted by molar-refractivity contribution is 7.20. The van der Waals surface area contributed by atoms with Crippen LogP contribution in [0, 0.1) is 0 Å². The molecule has 1 atom stereocenters. The molecule has 1 aliphatic heterocycles. The molecular formula is C9H10Cl2N2OS. The topological polar surface area (TPSA) is 46.3 Å². The van der Waals surface area contributed by atoms with E-state index < -0.39 is 0 Å². The van der Waals surface area contributed by atoms with E-state index in [2.05, 4.69) is 0 Å². The summed E-state index contributed by atoms with van der Waals surface area (Å²) >= 11 is 12.9. The van der Waals surface area contributed by atoms with E-state index >= 15 is 0 Å². The molecule has 0 bridgehead atoms. The van der Waals surface area contributed by atoms with Crippen molar-refractivity contribution in [2.24, 2.45) is 5.73 Å². The molecule has 1 aromatic rings. The van der Waals surface area contributed by atoms with E-state index in [9.17, 15) is 4.79 Å². The van der Waals surface area contributed by atoms with Gasteiger partial charge in [-0.3, -0.25) is 4.79 Å². The van der Waals surface area contributed by atoms with Crippen molar-refractivity contribution in [1.29, 1.82) is 0 Å². The molecule has 2 N–H and O–H groups in total. The molecule has 1 aromatic heterocycles. The highest BCUT2D eigenvalue weighted by Crippen LogP contribution is 2.32. The van der Waals surface area contributed by atoms with Crippen molar-refractivity contribution in [3.8, 4) is 0 Å². The molecule has 6 heteroatoms. The van der Waals surface area contributed by atoms with Gasteiger partial charge in [-0.15, -0.1) is 11.3 Å². The number of amides is 1. The fourth-order valence-electron chi connectivity index (χ4n) is 1.63. The van der Waals surface area contributed by atoms with Crippen molar-refractivity contribution in [1.82, 2.24) is 4.90 Å². The van der Waals surface area contributed by atoms with Gasteiger partial charge >= 0.3 is 0 Å². The van der Waals surface area contributed by atoms with E-state index in [1.807, 2.05) is 0 Å². The average Bonchev–Trinajstić information content (AvgIpc) is 2.71. The highest BCUT2D eigenvalue weighted by atomic mass is 35.5. The van der Waals surface area contributed by atoms with Crippen molar-refractivity contribution in [2.75, 3.05) is 13.1 Å². The van der Waals surface area contributed by atoms with Gasteiger partial charge < -0.3 is 10.6 Å². The van der Waals surface area contributed by atoms with Gasteiger partial charge in [0.05, 0.1) is 9.90 Å². The quantitative estimate of drug-likeness (QED) is 0.846. The van der Waals surface area contributed by atoms with Crippen LogP contribution in [0.1, 0.15) is 16.8 Å². The Balaban J connectivity index is 2.17. The predicted molar refractivity (Wildman–Crippen MR) is 62.8 cm³/mol. The minimum atomic E-state index is -0.0731. The fraction of sp³-hybridized carbons (Fsp3) is 0.444. The molecule has 0 aromatic carbocycles. The van der Waals surface area contributed by atoms with Crippen LogP contribution in [0.25, 0.3) is 0 Å². The Bertz CT molecular complexity index is 393. The minimum Gasteiger partial charge on any atom is -0.337 e. The van der Waals surface area contributed by atoms with E-state index in [-0.39, 0.29) is 11.9 Å². The number of rotatable bonds is 1. The van der Waals surface area contributed by atoms with Gasteiger partial charge in [0.15, 0.2) is 0 Å². The van der Waals surface area contributed by atoms with Crippen LogP contribution < -0.4 is 5.73 Å². The molecule has 0 spiro atoms. The first-order valence-electron chi connectivity index (χ1n) is 4.57. The summed E-state index contributed by atoms with van der Waals surface area (Å²) in [4.78, 5) is 13.7. The van der Waals surface area contributed by atoms with Crippen molar-refractivity contribution in [3.63, 3.8) is 0 Å². The molecule has 3 nitrogen and oxygen atoms in total. The van der Waals surface area contributed by atoms with Crippen LogP contribution in [0.15, 0.2) is 6.07 Å². The number of halogens is 2. The Labute approximate surface area is 102 Å². The summed E-state index contributed by atoms with van der Waals surface area (Å²) < 4.78 is 0.984. The van der Waals surface area contributed by atoms with E-state index in [4.69, 9.17) is 28.9 Å². The van der Waals surface area contributed by atoms with Gasteiger partial charge in [0, 0.05) is 19.1 Å². The number of carbonyl (C=O) groups excluding carboxylic acids is 1. The first-order valence-corrected chi connectivity index (χ1v) is 6.15. The third-order valence-corrected chi connectivity index (χ3v) is 3.89. The molecule has 2 rings (SSSR count). The maximum absolute atomic E-state index is 12.0. The Morgan fingerprint density at radius 3 is 2.80 bits per heavy atom. The van der Waals surface area contributed by atoms with Crippen LogP contribution in [-0.4, -0.2) is 29.9 Å². The summed E-state index contributed by atoms with van der Waals surface area (Å²) in [5.74, 6) is -0.0731. The molecule has 0 saturated carbocycles. The predicted octanol–water partition coefficient (Wildman–Crippen LogP) is 2.23. The number of nitrogens with zero attached hydrogens (tertiary/aromatic N) is 1. The second-order valence-electron chi connectivity index (χ2n) is 3.54. The van der Waals surface area contributed by atoms with Crippen LogP contribution in [-0.2, 0) is 0 Å². The van der Waals surface area contributed by atoms with Gasteiger partial charge in [0.1, 0.15) is 4.34 Å². The smallest absolute Gasteiger partial charge is 0.256 e. The first kappa shape index (κ1) is 11.2. The Kier molecular flexibility index (Phi) is 3.21. The summed E-state index contributed by atoms with van der Waals surface area (Å²) in [7, 11) is 0. The summed E-state index contributed by atoms with van der Waals surface area (Å²) in [5, 5.41) is 0. The zero-order chi connectivity index (χ0) is 11.0. The number of hydrogen-bond acceptors (Lipinski definition) is 3. The molecule has 1 amide bonds. The van der Waals surface area contributed by atoms with E-state index in [0.29, 0.717) is 27.3 Å². The minimum absolute atomic E-state index is 0.0731. The normalized spacial score (nSPS) is 21.0. The van der Waals surface area contributed by atoms with Gasteiger partial charge in [-0.2, -0.15) is 0 Å². The van der Waals surface area contributed by atoms with Gasteiger partial charge in [0.25, 0.3) is 5.91 Å². The van der Waals surface area contributed by atoms with Crippen molar-refractivity contribution >= 4 is 40.4 Å². The van der Waals surface area contributed by atoms with Crippen molar-refractivity contribution in [3.05, 3.63) is 20.3 Å². The van der Waals surface area contributed by atoms with Gasteiger partial charge in [0.2, 0.25) is 0 Å². The molecule has 82 valence electrons. The monoisotopic (exact) mass is 264 g/mol. The summed E-state index contributed by atoms with van der Waals surface area (Å²) in [6.07, 6.45) is 0.848.